The standard InChI is InChI=1S/C15H18N2O3/c1-3-8-17(10-14(18)20-2)15(19)12-5-4-11-6-7-16-13(11)9-12/h4-7,9,16H,3,8,10H2,1-2H3. The van der Waals surface area contributed by atoms with Gasteiger partial charge in [-0.15, -0.1) is 0 Å². The summed E-state index contributed by atoms with van der Waals surface area (Å²) in [5, 5.41) is 1.05. The first-order valence-corrected chi connectivity index (χ1v) is 6.59. The van der Waals surface area contributed by atoms with E-state index in [-0.39, 0.29) is 12.5 Å². The highest BCUT2D eigenvalue weighted by atomic mass is 16.5. The molecule has 0 saturated heterocycles. The van der Waals surface area contributed by atoms with Gasteiger partial charge in [-0.25, -0.2) is 0 Å². The number of H-pyrrole nitrogens is 1. The minimum absolute atomic E-state index is 0.0219. The second kappa shape index (κ2) is 6.23. The van der Waals surface area contributed by atoms with Crippen LogP contribution in [0, 0.1) is 0 Å². The molecule has 2 rings (SSSR count). The normalized spacial score (nSPS) is 10.5. The number of carbonyl (C=O) groups is 2. The Morgan fingerprint density at radius 1 is 1.30 bits per heavy atom. The van der Waals surface area contributed by atoms with Crippen LogP contribution < -0.4 is 0 Å². The number of nitrogens with one attached hydrogen (secondary N) is 1. The molecule has 0 radical (unpaired) electrons. The van der Waals surface area contributed by atoms with Gasteiger partial charge in [-0.05, 0) is 30.0 Å². The summed E-state index contributed by atoms with van der Waals surface area (Å²) in [4.78, 5) is 28.4. The van der Waals surface area contributed by atoms with Crippen LogP contribution in [0.25, 0.3) is 10.9 Å². The SMILES string of the molecule is CCCN(CC(=O)OC)C(=O)c1ccc2cc[nH]c2c1. The third kappa shape index (κ3) is 2.99. The molecule has 1 heterocycles. The maximum atomic E-state index is 12.5. The molecule has 20 heavy (non-hydrogen) atoms. The number of aromatic amines is 1. The highest BCUT2D eigenvalue weighted by Crippen LogP contribution is 2.15. The first kappa shape index (κ1) is 14.1. The van der Waals surface area contributed by atoms with Crippen molar-refractivity contribution in [2.45, 2.75) is 13.3 Å². The van der Waals surface area contributed by atoms with E-state index < -0.39 is 5.97 Å². The maximum Gasteiger partial charge on any atom is 0.325 e. The molecule has 0 aliphatic rings. The molecule has 1 aromatic heterocycles. The summed E-state index contributed by atoms with van der Waals surface area (Å²) in [6, 6.07) is 7.42. The quantitative estimate of drug-likeness (QED) is 0.850. The molecule has 5 nitrogen and oxygen atoms in total. The van der Waals surface area contributed by atoms with Crippen molar-refractivity contribution in [2.24, 2.45) is 0 Å². The smallest absolute Gasteiger partial charge is 0.325 e. The van der Waals surface area contributed by atoms with E-state index in [1.807, 2.05) is 25.3 Å². The number of fused-ring (bicyclic) bond motifs is 1. The first-order chi connectivity index (χ1) is 9.65. The van der Waals surface area contributed by atoms with E-state index in [1.54, 1.807) is 12.1 Å². The van der Waals surface area contributed by atoms with Gasteiger partial charge in [0.1, 0.15) is 6.54 Å². The highest BCUT2D eigenvalue weighted by molar-refractivity contribution is 5.99. The van der Waals surface area contributed by atoms with E-state index in [2.05, 4.69) is 9.72 Å². The summed E-state index contributed by atoms with van der Waals surface area (Å²) >= 11 is 0. The van der Waals surface area contributed by atoms with E-state index >= 15 is 0 Å². The summed E-state index contributed by atoms with van der Waals surface area (Å²) in [6.45, 7) is 2.47. The van der Waals surface area contributed by atoms with Gasteiger partial charge in [0.15, 0.2) is 0 Å². The van der Waals surface area contributed by atoms with Gasteiger partial charge in [0, 0.05) is 23.8 Å². The largest absolute Gasteiger partial charge is 0.468 e. The van der Waals surface area contributed by atoms with Gasteiger partial charge in [-0.2, -0.15) is 0 Å². The number of hydrogen-bond acceptors (Lipinski definition) is 3. The van der Waals surface area contributed by atoms with Gasteiger partial charge in [-0.1, -0.05) is 13.0 Å². The minimum atomic E-state index is -0.409. The molecular formula is C15H18N2O3. The number of benzene rings is 1. The van der Waals surface area contributed by atoms with Crippen molar-refractivity contribution in [1.82, 2.24) is 9.88 Å². The Bertz CT molecular complexity index is 618. The Morgan fingerprint density at radius 2 is 2.10 bits per heavy atom. The molecule has 0 saturated carbocycles. The number of esters is 1. The molecule has 0 spiro atoms. The van der Waals surface area contributed by atoms with Crippen molar-refractivity contribution in [1.29, 1.82) is 0 Å². The number of rotatable bonds is 5. The Labute approximate surface area is 117 Å². The molecule has 0 aliphatic heterocycles. The van der Waals surface area contributed by atoms with Crippen molar-refractivity contribution < 1.29 is 14.3 Å². The van der Waals surface area contributed by atoms with Crippen LogP contribution in [-0.2, 0) is 9.53 Å². The third-order valence-electron chi connectivity index (χ3n) is 3.13. The topological polar surface area (TPSA) is 62.4 Å². The molecule has 1 aromatic carbocycles. The lowest BCUT2D eigenvalue weighted by molar-refractivity contribution is -0.141. The van der Waals surface area contributed by atoms with Crippen LogP contribution in [-0.4, -0.2) is 42.0 Å². The van der Waals surface area contributed by atoms with Gasteiger partial charge < -0.3 is 14.6 Å². The molecule has 1 amide bonds. The summed E-state index contributed by atoms with van der Waals surface area (Å²) in [5.74, 6) is -0.568. The highest BCUT2D eigenvalue weighted by Gasteiger charge is 2.18. The predicted octanol–water partition coefficient (Wildman–Crippen LogP) is 2.19. The fourth-order valence-electron chi connectivity index (χ4n) is 2.11. The van der Waals surface area contributed by atoms with E-state index in [0.717, 1.165) is 17.3 Å². The van der Waals surface area contributed by atoms with Gasteiger partial charge in [0.2, 0.25) is 0 Å². The zero-order valence-electron chi connectivity index (χ0n) is 11.7. The zero-order valence-corrected chi connectivity index (χ0v) is 11.7. The van der Waals surface area contributed by atoms with Crippen molar-refractivity contribution in [3.63, 3.8) is 0 Å². The van der Waals surface area contributed by atoms with Crippen molar-refractivity contribution in [3.05, 3.63) is 36.0 Å². The minimum Gasteiger partial charge on any atom is -0.468 e. The van der Waals surface area contributed by atoms with Gasteiger partial charge >= 0.3 is 5.97 Å². The van der Waals surface area contributed by atoms with Crippen LogP contribution >= 0.6 is 0 Å². The fraction of sp³-hybridized carbons (Fsp3) is 0.333. The van der Waals surface area contributed by atoms with Crippen LogP contribution in [0.1, 0.15) is 23.7 Å². The Hall–Kier alpha value is -2.30. The van der Waals surface area contributed by atoms with Crippen LogP contribution in [0.4, 0.5) is 0 Å². The molecule has 0 aliphatic carbocycles. The van der Waals surface area contributed by atoms with Gasteiger partial charge in [0.05, 0.1) is 7.11 Å². The molecule has 106 valence electrons. The molecule has 2 aromatic rings. The second-order valence-electron chi connectivity index (χ2n) is 4.58. The molecule has 0 atom stereocenters. The summed E-state index contributed by atoms with van der Waals surface area (Å²) < 4.78 is 4.63. The number of hydrogen-bond donors (Lipinski definition) is 1. The molecule has 5 heteroatoms. The van der Waals surface area contributed by atoms with Gasteiger partial charge in [-0.3, -0.25) is 9.59 Å². The van der Waals surface area contributed by atoms with Crippen LogP contribution in [0.3, 0.4) is 0 Å². The number of carbonyl (C=O) groups excluding carboxylic acids is 2. The monoisotopic (exact) mass is 274 g/mol. The lowest BCUT2D eigenvalue weighted by atomic mass is 10.1. The lowest BCUT2D eigenvalue weighted by Crippen LogP contribution is -2.36. The van der Waals surface area contributed by atoms with Crippen molar-refractivity contribution >= 4 is 22.8 Å². The van der Waals surface area contributed by atoms with E-state index in [4.69, 9.17) is 0 Å². The summed E-state index contributed by atoms with van der Waals surface area (Å²) in [6.07, 6.45) is 2.62. The average molecular weight is 274 g/mol. The summed E-state index contributed by atoms with van der Waals surface area (Å²) in [7, 11) is 1.32. The molecule has 0 bridgehead atoms. The average Bonchev–Trinajstić information content (AvgIpc) is 2.93. The predicted molar refractivity (Wildman–Crippen MR) is 76.5 cm³/mol. The lowest BCUT2D eigenvalue weighted by Gasteiger charge is -2.20. The van der Waals surface area contributed by atoms with Crippen LogP contribution in [0.15, 0.2) is 30.5 Å². The first-order valence-electron chi connectivity index (χ1n) is 6.59. The number of amides is 1. The van der Waals surface area contributed by atoms with Crippen molar-refractivity contribution in [2.75, 3.05) is 20.2 Å². The number of ether oxygens (including phenoxy) is 1. The molecule has 0 fully saturated rings. The maximum absolute atomic E-state index is 12.5. The van der Waals surface area contributed by atoms with Crippen LogP contribution in [0.5, 0.6) is 0 Å². The van der Waals surface area contributed by atoms with E-state index in [1.165, 1.54) is 12.0 Å². The third-order valence-corrected chi connectivity index (χ3v) is 3.13. The molecule has 0 unspecified atom stereocenters. The Morgan fingerprint density at radius 3 is 2.80 bits per heavy atom. The Balaban J connectivity index is 2.23. The number of methoxy groups -OCH3 is 1. The fourth-order valence-corrected chi connectivity index (χ4v) is 2.11. The number of aromatic nitrogens is 1. The molecular weight excluding hydrogens is 256 g/mol. The summed E-state index contributed by atoms with van der Waals surface area (Å²) in [5.41, 5.74) is 1.47. The van der Waals surface area contributed by atoms with E-state index in [9.17, 15) is 9.59 Å². The number of nitrogens with zero attached hydrogens (tertiary/aromatic N) is 1. The van der Waals surface area contributed by atoms with Crippen molar-refractivity contribution in [3.8, 4) is 0 Å². The van der Waals surface area contributed by atoms with Crippen LogP contribution in [0.2, 0.25) is 0 Å². The molecule has 1 N–H and O–H groups in total. The Kier molecular flexibility index (Phi) is 4.40. The van der Waals surface area contributed by atoms with E-state index in [0.29, 0.717) is 12.1 Å². The zero-order chi connectivity index (χ0) is 14.5. The van der Waals surface area contributed by atoms with Gasteiger partial charge in [0.25, 0.3) is 5.91 Å². The second-order valence-corrected chi connectivity index (χ2v) is 4.58.